The highest BCUT2D eigenvalue weighted by Gasteiger charge is 2.20. The summed E-state index contributed by atoms with van der Waals surface area (Å²) in [6.45, 7) is 3.12. The number of fused-ring (bicyclic) bond motifs is 1. The third kappa shape index (κ3) is 4.95. The van der Waals surface area contributed by atoms with E-state index >= 15 is 0 Å². The summed E-state index contributed by atoms with van der Waals surface area (Å²) >= 11 is 0. The van der Waals surface area contributed by atoms with Crippen LogP contribution in [0.15, 0.2) is 72.9 Å². The van der Waals surface area contributed by atoms with Gasteiger partial charge in [0.15, 0.2) is 0 Å². The van der Waals surface area contributed by atoms with Crippen LogP contribution in [0.25, 0.3) is 10.9 Å². The summed E-state index contributed by atoms with van der Waals surface area (Å²) in [5.74, 6) is 1.68. The minimum Gasteiger partial charge on any atom is -0.368 e. The number of rotatable bonds is 6. The first-order chi connectivity index (χ1) is 15.7. The number of pyridine rings is 1. The number of hydrogen-bond donors (Lipinski definition) is 3. The maximum Gasteiger partial charge on any atom is 0.223 e. The Morgan fingerprint density at radius 2 is 1.72 bits per heavy atom. The van der Waals surface area contributed by atoms with Crippen LogP contribution in [0.1, 0.15) is 18.4 Å². The molecule has 1 aliphatic heterocycles. The lowest BCUT2D eigenvalue weighted by Gasteiger charge is -2.32. The van der Waals surface area contributed by atoms with Crippen molar-refractivity contribution in [1.29, 1.82) is 0 Å². The molecule has 1 fully saturated rings. The van der Waals surface area contributed by atoms with Crippen molar-refractivity contribution in [3.63, 3.8) is 0 Å². The molecule has 0 atom stereocenters. The summed E-state index contributed by atoms with van der Waals surface area (Å²) in [7, 11) is 0. The average Bonchev–Trinajstić information content (AvgIpc) is 2.81. The molecule has 7 nitrogen and oxygen atoms in total. The Hall–Kier alpha value is -3.71. The van der Waals surface area contributed by atoms with Gasteiger partial charge in [0.1, 0.15) is 11.6 Å². The molecule has 3 heterocycles. The molecule has 1 saturated heterocycles. The molecule has 0 bridgehead atoms. The van der Waals surface area contributed by atoms with Crippen LogP contribution in [0.5, 0.6) is 0 Å². The summed E-state index contributed by atoms with van der Waals surface area (Å²) < 4.78 is 0. The first kappa shape index (κ1) is 20.2. The second-order valence-corrected chi connectivity index (χ2v) is 8.21. The van der Waals surface area contributed by atoms with Crippen molar-refractivity contribution in [3.05, 3.63) is 78.5 Å². The zero-order chi connectivity index (χ0) is 21.8. The Balaban J connectivity index is 1.21. The highest BCUT2D eigenvalue weighted by atomic mass is 15.2. The summed E-state index contributed by atoms with van der Waals surface area (Å²) in [6.07, 6.45) is 3.93. The normalized spacial score (nSPS) is 15.0. The molecule has 1 aliphatic rings. The largest absolute Gasteiger partial charge is 0.368 e. The van der Waals surface area contributed by atoms with E-state index in [1.165, 1.54) is 5.56 Å². The van der Waals surface area contributed by atoms with Gasteiger partial charge in [0.2, 0.25) is 5.95 Å². The van der Waals surface area contributed by atoms with E-state index in [1.54, 1.807) is 6.20 Å². The van der Waals surface area contributed by atoms with E-state index in [9.17, 15) is 0 Å². The number of likely N-dealkylation sites (tertiary alicyclic amines) is 1. The molecule has 0 radical (unpaired) electrons. The number of nitrogens with zero attached hydrogens (tertiary/aromatic N) is 4. The van der Waals surface area contributed by atoms with Gasteiger partial charge in [-0.3, -0.25) is 9.88 Å². The lowest BCUT2D eigenvalue weighted by Crippen LogP contribution is -2.38. The van der Waals surface area contributed by atoms with E-state index in [4.69, 9.17) is 5.73 Å². The number of benzene rings is 2. The summed E-state index contributed by atoms with van der Waals surface area (Å²) in [5, 5.41) is 7.97. The molecule has 0 aliphatic carbocycles. The molecular formula is C25H27N7. The topological polar surface area (TPSA) is 92.0 Å². The van der Waals surface area contributed by atoms with Gasteiger partial charge in [-0.25, -0.2) is 0 Å². The molecule has 32 heavy (non-hydrogen) atoms. The zero-order valence-electron chi connectivity index (χ0n) is 17.9. The van der Waals surface area contributed by atoms with E-state index < -0.39 is 0 Å². The van der Waals surface area contributed by atoms with E-state index in [-0.39, 0.29) is 5.95 Å². The molecule has 2 aromatic heterocycles. The standard InChI is InChI=1S/C25H27N7/c26-25-30-23(28-20-10-13-32(14-11-20)17-18-5-2-1-3-6-18)16-24(31-25)29-21-8-9-22-19(15-21)7-4-12-27-22/h1-9,12,15-16,20H,10-11,13-14,17H2,(H4,26,28,29,30,31). The number of nitrogen functional groups attached to an aromatic ring is 1. The van der Waals surface area contributed by atoms with Crippen molar-refractivity contribution in [2.75, 3.05) is 29.5 Å². The predicted molar refractivity (Wildman–Crippen MR) is 130 cm³/mol. The molecular weight excluding hydrogens is 398 g/mol. The van der Waals surface area contributed by atoms with Gasteiger partial charge in [-0.15, -0.1) is 0 Å². The molecule has 0 unspecified atom stereocenters. The molecule has 7 heteroatoms. The lowest BCUT2D eigenvalue weighted by molar-refractivity contribution is 0.211. The minimum atomic E-state index is 0.251. The van der Waals surface area contributed by atoms with Crippen LogP contribution >= 0.6 is 0 Å². The van der Waals surface area contributed by atoms with Gasteiger partial charge < -0.3 is 16.4 Å². The van der Waals surface area contributed by atoms with Crippen molar-refractivity contribution in [2.24, 2.45) is 0 Å². The van der Waals surface area contributed by atoms with E-state index in [0.29, 0.717) is 11.9 Å². The third-order valence-corrected chi connectivity index (χ3v) is 5.81. The number of aromatic nitrogens is 3. The predicted octanol–water partition coefficient (Wildman–Crippen LogP) is 4.43. The van der Waals surface area contributed by atoms with Crippen molar-refractivity contribution >= 4 is 34.2 Å². The number of nitrogens with two attached hydrogens (primary N) is 1. The number of nitrogens with one attached hydrogen (secondary N) is 2. The van der Waals surface area contributed by atoms with Gasteiger partial charge in [0.05, 0.1) is 5.52 Å². The Morgan fingerprint density at radius 1 is 0.906 bits per heavy atom. The lowest BCUT2D eigenvalue weighted by atomic mass is 10.0. The molecule has 4 aromatic rings. The monoisotopic (exact) mass is 425 g/mol. The molecule has 2 aromatic carbocycles. The van der Waals surface area contributed by atoms with Crippen LogP contribution in [0.4, 0.5) is 23.3 Å². The summed E-state index contributed by atoms with van der Waals surface area (Å²) in [4.78, 5) is 15.6. The van der Waals surface area contributed by atoms with Gasteiger partial charge in [0, 0.05) is 49.0 Å². The average molecular weight is 426 g/mol. The van der Waals surface area contributed by atoms with Gasteiger partial charge >= 0.3 is 0 Å². The van der Waals surface area contributed by atoms with Crippen LogP contribution < -0.4 is 16.4 Å². The van der Waals surface area contributed by atoms with Crippen molar-refractivity contribution in [3.8, 4) is 0 Å². The smallest absolute Gasteiger partial charge is 0.223 e. The minimum absolute atomic E-state index is 0.251. The van der Waals surface area contributed by atoms with Gasteiger partial charge in [0.25, 0.3) is 0 Å². The quantitative estimate of drug-likeness (QED) is 0.421. The fourth-order valence-electron chi connectivity index (χ4n) is 4.19. The van der Waals surface area contributed by atoms with Crippen LogP contribution in [-0.4, -0.2) is 39.0 Å². The molecule has 0 saturated carbocycles. The molecule has 4 N–H and O–H groups in total. The second-order valence-electron chi connectivity index (χ2n) is 8.21. The molecule has 0 spiro atoms. The van der Waals surface area contributed by atoms with Gasteiger partial charge in [-0.1, -0.05) is 36.4 Å². The summed E-state index contributed by atoms with van der Waals surface area (Å²) in [6, 6.07) is 22.9. The number of piperidine rings is 1. The Labute approximate surface area is 187 Å². The van der Waals surface area contributed by atoms with Crippen LogP contribution in [-0.2, 0) is 6.54 Å². The second kappa shape index (κ2) is 9.20. The van der Waals surface area contributed by atoms with Crippen molar-refractivity contribution in [1.82, 2.24) is 19.9 Å². The number of hydrogen-bond acceptors (Lipinski definition) is 7. The molecule has 162 valence electrons. The molecule has 0 amide bonds. The maximum atomic E-state index is 6.00. The first-order valence-corrected chi connectivity index (χ1v) is 11.0. The SMILES string of the molecule is Nc1nc(Nc2ccc3ncccc3c2)cc(NC2CCN(Cc3ccccc3)CC2)n1. The van der Waals surface area contributed by atoms with Crippen molar-refractivity contribution in [2.45, 2.75) is 25.4 Å². The Morgan fingerprint density at radius 3 is 2.56 bits per heavy atom. The highest BCUT2D eigenvalue weighted by Crippen LogP contribution is 2.23. The van der Waals surface area contributed by atoms with Gasteiger partial charge in [-0.2, -0.15) is 9.97 Å². The molecule has 5 rings (SSSR count). The van der Waals surface area contributed by atoms with Crippen LogP contribution in [0, 0.1) is 0 Å². The summed E-state index contributed by atoms with van der Waals surface area (Å²) in [5.41, 5.74) is 9.25. The Bertz CT molecular complexity index is 1190. The zero-order valence-corrected chi connectivity index (χ0v) is 17.9. The van der Waals surface area contributed by atoms with E-state index in [2.05, 4.69) is 66.9 Å². The van der Waals surface area contributed by atoms with E-state index in [0.717, 1.165) is 54.9 Å². The van der Waals surface area contributed by atoms with Gasteiger partial charge in [-0.05, 0) is 42.7 Å². The number of anilines is 4. The fraction of sp³-hybridized carbons (Fsp3) is 0.240. The first-order valence-electron chi connectivity index (χ1n) is 11.0. The van der Waals surface area contributed by atoms with Crippen molar-refractivity contribution < 1.29 is 0 Å². The Kier molecular flexibility index (Phi) is 5.81. The van der Waals surface area contributed by atoms with Crippen LogP contribution in [0.2, 0.25) is 0 Å². The maximum absolute atomic E-state index is 6.00. The highest BCUT2D eigenvalue weighted by molar-refractivity contribution is 5.83. The van der Waals surface area contributed by atoms with Crippen LogP contribution in [0.3, 0.4) is 0 Å². The fourth-order valence-corrected chi connectivity index (χ4v) is 4.19. The van der Waals surface area contributed by atoms with E-state index in [1.807, 2.05) is 30.3 Å². The third-order valence-electron chi connectivity index (χ3n) is 5.81.